The van der Waals surface area contributed by atoms with Crippen molar-refractivity contribution in [2.75, 3.05) is 6.54 Å². The Hall–Kier alpha value is -0.610. The van der Waals surface area contributed by atoms with Crippen molar-refractivity contribution in [3.8, 4) is 0 Å². The van der Waals surface area contributed by atoms with Crippen LogP contribution in [0.25, 0.3) is 0 Å². The fourth-order valence-corrected chi connectivity index (χ4v) is 1.89. The molecule has 0 bridgehead atoms. The van der Waals surface area contributed by atoms with Gasteiger partial charge in [0.05, 0.1) is 12.2 Å². The zero-order chi connectivity index (χ0) is 11.4. The van der Waals surface area contributed by atoms with Gasteiger partial charge in [-0.25, -0.2) is 0 Å². The van der Waals surface area contributed by atoms with E-state index in [2.05, 4.69) is 19.2 Å². The number of hydrogen-bond acceptors (Lipinski definition) is 4. The van der Waals surface area contributed by atoms with Gasteiger partial charge in [-0.1, -0.05) is 13.8 Å². The number of ether oxygens (including phenoxy) is 1. The fourth-order valence-electron chi connectivity index (χ4n) is 1.89. The molecule has 0 amide bonds. The van der Waals surface area contributed by atoms with Crippen LogP contribution >= 0.6 is 0 Å². The molecule has 2 N–H and O–H groups in total. The lowest BCUT2D eigenvalue weighted by molar-refractivity contribution is -0.151. The summed E-state index contributed by atoms with van der Waals surface area (Å²) in [6.07, 6.45) is 0.883. The minimum Gasteiger partial charge on any atom is -0.461 e. The summed E-state index contributed by atoms with van der Waals surface area (Å²) < 4.78 is 5.28. The Morgan fingerprint density at radius 1 is 1.53 bits per heavy atom. The Bertz CT molecular complexity index is 218. The van der Waals surface area contributed by atoms with Crippen LogP contribution in [0.3, 0.4) is 0 Å². The average Bonchev–Trinajstić information content (AvgIpc) is 2.49. The molecule has 1 fully saturated rings. The maximum absolute atomic E-state index is 11.6. The minimum atomic E-state index is -0.414. The number of aliphatic hydroxyl groups is 1. The Morgan fingerprint density at radius 3 is 2.67 bits per heavy atom. The van der Waals surface area contributed by atoms with Crippen LogP contribution in [-0.4, -0.2) is 35.9 Å². The van der Waals surface area contributed by atoms with Gasteiger partial charge in [-0.3, -0.25) is 4.79 Å². The number of rotatable bonds is 4. The van der Waals surface area contributed by atoms with Gasteiger partial charge in [-0.15, -0.1) is 0 Å². The topological polar surface area (TPSA) is 58.6 Å². The molecular formula is C11H21NO3. The van der Waals surface area contributed by atoms with Crippen molar-refractivity contribution in [1.82, 2.24) is 5.32 Å². The van der Waals surface area contributed by atoms with E-state index in [1.165, 1.54) is 0 Å². The summed E-state index contributed by atoms with van der Waals surface area (Å²) in [5.41, 5.74) is 0. The van der Waals surface area contributed by atoms with E-state index in [0.717, 1.165) is 6.42 Å². The smallest absolute Gasteiger partial charge is 0.323 e. The van der Waals surface area contributed by atoms with Crippen LogP contribution in [-0.2, 0) is 9.53 Å². The molecule has 1 saturated heterocycles. The highest BCUT2D eigenvalue weighted by atomic mass is 16.5. The van der Waals surface area contributed by atoms with Gasteiger partial charge in [0, 0.05) is 13.0 Å². The lowest BCUT2D eigenvalue weighted by Crippen LogP contribution is -2.34. The third kappa shape index (κ3) is 4.18. The molecule has 0 saturated carbocycles. The Labute approximate surface area is 91.0 Å². The molecule has 1 unspecified atom stereocenters. The second-order valence-corrected chi connectivity index (χ2v) is 4.73. The molecule has 4 nitrogen and oxygen atoms in total. The second-order valence-electron chi connectivity index (χ2n) is 4.73. The monoisotopic (exact) mass is 215 g/mol. The third-order valence-corrected chi connectivity index (χ3v) is 2.51. The molecule has 15 heavy (non-hydrogen) atoms. The third-order valence-electron chi connectivity index (χ3n) is 2.51. The lowest BCUT2D eigenvalue weighted by atomic mass is 10.1. The minimum absolute atomic E-state index is 0.0444. The van der Waals surface area contributed by atoms with Gasteiger partial charge in [-0.2, -0.15) is 0 Å². The van der Waals surface area contributed by atoms with Gasteiger partial charge in [0.15, 0.2) is 0 Å². The van der Waals surface area contributed by atoms with Crippen molar-refractivity contribution >= 4 is 5.97 Å². The van der Waals surface area contributed by atoms with E-state index in [9.17, 15) is 9.90 Å². The quantitative estimate of drug-likeness (QED) is 0.677. The van der Waals surface area contributed by atoms with Gasteiger partial charge in [0.25, 0.3) is 0 Å². The highest BCUT2D eigenvalue weighted by molar-refractivity contribution is 5.76. The van der Waals surface area contributed by atoms with Crippen LogP contribution in [0.5, 0.6) is 0 Å². The van der Waals surface area contributed by atoms with Gasteiger partial charge in [-0.05, 0) is 19.3 Å². The first-order chi connectivity index (χ1) is 6.99. The molecule has 0 aromatic heterocycles. The van der Waals surface area contributed by atoms with Gasteiger partial charge >= 0.3 is 5.97 Å². The number of nitrogens with one attached hydrogen (secondary N) is 1. The molecule has 3 atom stereocenters. The molecule has 88 valence electrons. The summed E-state index contributed by atoms with van der Waals surface area (Å²) in [5, 5.41) is 12.2. The van der Waals surface area contributed by atoms with Crippen LogP contribution in [0.4, 0.5) is 0 Å². The van der Waals surface area contributed by atoms with Crippen molar-refractivity contribution < 1.29 is 14.6 Å². The largest absolute Gasteiger partial charge is 0.461 e. The van der Waals surface area contributed by atoms with E-state index in [1.807, 2.05) is 6.92 Å². The van der Waals surface area contributed by atoms with Crippen molar-refractivity contribution in [2.45, 2.75) is 51.9 Å². The van der Waals surface area contributed by atoms with Gasteiger partial charge in [0.2, 0.25) is 0 Å². The number of β-amino-alcohol motifs (C(OH)–C–C–N with tert-alkyl or cyclic N) is 1. The first-order valence-corrected chi connectivity index (χ1v) is 5.61. The molecule has 1 aliphatic heterocycles. The molecule has 0 aliphatic carbocycles. The summed E-state index contributed by atoms with van der Waals surface area (Å²) in [7, 11) is 0. The SMILES string of the molecule is CC(C)CC(C)OC(=O)[C@@H]1C[C@H](O)CN1. The summed E-state index contributed by atoms with van der Waals surface area (Å²) in [5.74, 6) is 0.287. The number of aliphatic hydroxyl groups excluding tert-OH is 1. The zero-order valence-electron chi connectivity index (χ0n) is 9.69. The molecule has 4 heteroatoms. The highest BCUT2D eigenvalue weighted by Crippen LogP contribution is 2.12. The maximum Gasteiger partial charge on any atom is 0.323 e. The van der Waals surface area contributed by atoms with Crippen LogP contribution < -0.4 is 5.32 Å². The van der Waals surface area contributed by atoms with Crippen molar-refractivity contribution in [2.24, 2.45) is 5.92 Å². The lowest BCUT2D eigenvalue weighted by Gasteiger charge is -2.17. The predicted octanol–water partition coefficient (Wildman–Crippen LogP) is 0.687. The predicted molar refractivity (Wildman–Crippen MR) is 57.4 cm³/mol. The molecule has 0 spiro atoms. The van der Waals surface area contributed by atoms with E-state index >= 15 is 0 Å². The Morgan fingerprint density at radius 2 is 2.20 bits per heavy atom. The van der Waals surface area contributed by atoms with Crippen LogP contribution in [0.15, 0.2) is 0 Å². The van der Waals surface area contributed by atoms with Crippen LogP contribution in [0.1, 0.15) is 33.6 Å². The summed E-state index contributed by atoms with van der Waals surface area (Å²) in [4.78, 5) is 11.6. The van der Waals surface area contributed by atoms with Crippen molar-refractivity contribution in [3.63, 3.8) is 0 Å². The molecular weight excluding hydrogens is 194 g/mol. The number of hydrogen-bond donors (Lipinski definition) is 2. The average molecular weight is 215 g/mol. The Balaban J connectivity index is 2.29. The first-order valence-electron chi connectivity index (χ1n) is 5.61. The van der Waals surface area contributed by atoms with Crippen LogP contribution in [0.2, 0.25) is 0 Å². The number of esters is 1. The molecule has 0 aromatic carbocycles. The summed E-state index contributed by atoms with van der Waals surface area (Å²) in [6.45, 7) is 6.59. The summed E-state index contributed by atoms with van der Waals surface area (Å²) >= 11 is 0. The molecule has 1 heterocycles. The summed E-state index contributed by atoms with van der Waals surface area (Å²) in [6, 6.07) is -0.324. The number of carbonyl (C=O) groups excluding carboxylic acids is 1. The Kier molecular flexibility index (Phi) is 4.54. The van der Waals surface area contributed by atoms with E-state index in [1.54, 1.807) is 0 Å². The van der Waals surface area contributed by atoms with E-state index in [4.69, 9.17) is 4.74 Å². The van der Waals surface area contributed by atoms with Gasteiger partial charge < -0.3 is 15.2 Å². The zero-order valence-corrected chi connectivity index (χ0v) is 9.69. The molecule has 0 aromatic rings. The normalized spacial score (nSPS) is 28.1. The van der Waals surface area contributed by atoms with Gasteiger partial charge in [0.1, 0.15) is 6.04 Å². The molecule has 0 radical (unpaired) electrons. The van der Waals surface area contributed by atoms with Crippen molar-refractivity contribution in [3.05, 3.63) is 0 Å². The molecule has 1 rings (SSSR count). The fraction of sp³-hybridized carbons (Fsp3) is 0.909. The molecule has 1 aliphatic rings. The van der Waals surface area contributed by atoms with Crippen molar-refractivity contribution in [1.29, 1.82) is 0 Å². The van der Waals surface area contributed by atoms with Crippen LogP contribution in [0, 0.1) is 5.92 Å². The number of carbonyl (C=O) groups is 1. The standard InChI is InChI=1S/C11H21NO3/c1-7(2)4-8(3)15-11(14)10-5-9(13)6-12-10/h7-10,12-13H,4-6H2,1-3H3/t8?,9-,10-/m0/s1. The first kappa shape index (κ1) is 12.5. The second kappa shape index (κ2) is 5.47. The van der Waals surface area contributed by atoms with E-state index < -0.39 is 6.10 Å². The highest BCUT2D eigenvalue weighted by Gasteiger charge is 2.30. The van der Waals surface area contributed by atoms with E-state index in [-0.39, 0.29) is 18.1 Å². The van der Waals surface area contributed by atoms with E-state index in [0.29, 0.717) is 18.9 Å². The maximum atomic E-state index is 11.6.